The van der Waals surface area contributed by atoms with Crippen molar-refractivity contribution in [3.8, 4) is 0 Å². The molecule has 0 atom stereocenters. The second kappa shape index (κ2) is 4.47. The third-order valence-corrected chi connectivity index (χ3v) is 1.77. The van der Waals surface area contributed by atoms with Gasteiger partial charge in [-0.05, 0) is 0 Å². The van der Waals surface area contributed by atoms with Gasteiger partial charge in [-0.15, -0.1) is 0 Å². The Balaban J connectivity index is 2.91. The van der Waals surface area contributed by atoms with Crippen LogP contribution in [0.4, 0.5) is 14.5 Å². The number of carbonyl (C=O) groups excluding carboxylic acids is 1. The van der Waals surface area contributed by atoms with Crippen molar-refractivity contribution < 1.29 is 13.6 Å². The molecule has 1 aromatic rings. The summed E-state index contributed by atoms with van der Waals surface area (Å²) in [5.41, 5.74) is -0.221. The van der Waals surface area contributed by atoms with Gasteiger partial charge in [0.15, 0.2) is 10.3 Å². The van der Waals surface area contributed by atoms with Gasteiger partial charge in [0.05, 0.1) is 0 Å². The van der Waals surface area contributed by atoms with Crippen LogP contribution in [0.2, 0.25) is 10.3 Å². The van der Waals surface area contributed by atoms with Gasteiger partial charge in [-0.3, -0.25) is 4.79 Å². The largest absolute Gasteiger partial charge is 0.316 e. The topological polar surface area (TPSA) is 54.9 Å². The van der Waals surface area contributed by atoms with Crippen molar-refractivity contribution in [3.05, 3.63) is 16.6 Å². The van der Waals surface area contributed by atoms with Crippen molar-refractivity contribution in [2.45, 2.75) is 6.43 Å². The molecular formula is C6H3Cl2F2N3O. The highest BCUT2D eigenvalue weighted by atomic mass is 35.5. The Labute approximate surface area is 87.2 Å². The summed E-state index contributed by atoms with van der Waals surface area (Å²) in [6, 6.07) is 0. The van der Waals surface area contributed by atoms with Crippen molar-refractivity contribution in [3.63, 3.8) is 0 Å². The molecular weight excluding hydrogens is 239 g/mol. The summed E-state index contributed by atoms with van der Waals surface area (Å²) in [6.07, 6.45) is -2.11. The minimum atomic E-state index is -3.15. The minimum Gasteiger partial charge on any atom is -0.316 e. The number of rotatable bonds is 2. The SMILES string of the molecule is O=C(Nc1c(Cl)ncnc1Cl)C(F)F. The molecule has 0 aromatic carbocycles. The minimum absolute atomic E-state index is 0.195. The molecule has 0 spiro atoms. The van der Waals surface area contributed by atoms with Crippen LogP contribution in [0.5, 0.6) is 0 Å². The molecule has 1 aromatic heterocycles. The lowest BCUT2D eigenvalue weighted by Crippen LogP contribution is -2.20. The Bertz CT molecular complexity index is 341. The van der Waals surface area contributed by atoms with Crippen LogP contribution >= 0.6 is 23.2 Å². The maximum Gasteiger partial charge on any atom is 0.315 e. The fourth-order valence-electron chi connectivity index (χ4n) is 0.625. The second-order valence-electron chi connectivity index (χ2n) is 2.12. The van der Waals surface area contributed by atoms with Crippen molar-refractivity contribution in [1.29, 1.82) is 0 Å². The zero-order chi connectivity index (χ0) is 10.7. The van der Waals surface area contributed by atoms with Crippen LogP contribution in [-0.2, 0) is 4.79 Å². The first-order valence-electron chi connectivity index (χ1n) is 3.27. The average Bonchev–Trinajstić information content (AvgIpc) is 2.11. The molecule has 8 heteroatoms. The molecule has 1 rings (SSSR count). The lowest BCUT2D eigenvalue weighted by atomic mass is 10.5. The predicted molar refractivity (Wildman–Crippen MR) is 46.7 cm³/mol. The molecule has 1 N–H and O–H groups in total. The summed E-state index contributed by atoms with van der Waals surface area (Å²) in [5, 5.41) is 1.41. The molecule has 1 amide bonds. The van der Waals surface area contributed by atoms with Gasteiger partial charge in [-0.25, -0.2) is 9.97 Å². The molecule has 14 heavy (non-hydrogen) atoms. The van der Waals surface area contributed by atoms with Gasteiger partial charge in [0.1, 0.15) is 12.0 Å². The highest BCUT2D eigenvalue weighted by molar-refractivity contribution is 6.38. The molecule has 0 radical (unpaired) electrons. The normalized spacial score (nSPS) is 10.4. The first-order valence-corrected chi connectivity index (χ1v) is 4.03. The summed E-state index contributed by atoms with van der Waals surface area (Å²) in [4.78, 5) is 17.5. The number of alkyl halides is 2. The smallest absolute Gasteiger partial charge is 0.315 e. The number of nitrogens with one attached hydrogen (secondary N) is 1. The highest BCUT2D eigenvalue weighted by Crippen LogP contribution is 2.25. The summed E-state index contributed by atoms with van der Waals surface area (Å²) in [6.45, 7) is 0. The van der Waals surface area contributed by atoms with Gasteiger partial charge >= 0.3 is 6.43 Å². The molecule has 0 saturated carbocycles. The zero-order valence-corrected chi connectivity index (χ0v) is 7.98. The van der Waals surface area contributed by atoms with Gasteiger partial charge < -0.3 is 5.32 Å². The molecule has 1 heterocycles. The monoisotopic (exact) mass is 241 g/mol. The zero-order valence-electron chi connectivity index (χ0n) is 6.47. The van der Waals surface area contributed by atoms with Gasteiger partial charge in [0.25, 0.3) is 5.91 Å². The summed E-state index contributed by atoms with van der Waals surface area (Å²) < 4.78 is 23.7. The maximum absolute atomic E-state index is 11.8. The lowest BCUT2D eigenvalue weighted by Gasteiger charge is -2.06. The van der Waals surface area contributed by atoms with Crippen molar-refractivity contribution in [1.82, 2.24) is 9.97 Å². The molecule has 0 fully saturated rings. The van der Waals surface area contributed by atoms with E-state index in [-0.39, 0.29) is 16.0 Å². The standard InChI is InChI=1S/C6H3Cl2F2N3O/c7-3-2(4(8)12-1-11-3)13-6(14)5(9)10/h1,5H,(H,13,14). The van der Waals surface area contributed by atoms with Crippen LogP contribution in [0, 0.1) is 0 Å². The first kappa shape index (κ1) is 11.1. The van der Waals surface area contributed by atoms with Crippen molar-refractivity contribution >= 4 is 34.8 Å². The van der Waals surface area contributed by atoms with Crippen molar-refractivity contribution in [2.24, 2.45) is 0 Å². The number of aromatic nitrogens is 2. The van der Waals surface area contributed by atoms with Crippen LogP contribution in [0.1, 0.15) is 0 Å². The number of anilines is 1. The molecule has 0 bridgehead atoms. The van der Waals surface area contributed by atoms with E-state index in [4.69, 9.17) is 23.2 Å². The van der Waals surface area contributed by atoms with Crippen molar-refractivity contribution in [2.75, 3.05) is 5.32 Å². The molecule has 4 nitrogen and oxygen atoms in total. The van der Waals surface area contributed by atoms with E-state index in [0.717, 1.165) is 6.33 Å². The van der Waals surface area contributed by atoms with E-state index in [1.807, 2.05) is 0 Å². The average molecular weight is 242 g/mol. The Morgan fingerprint density at radius 2 is 1.86 bits per heavy atom. The van der Waals surface area contributed by atoms with E-state index in [1.165, 1.54) is 0 Å². The number of halogens is 4. The number of hydrogen-bond acceptors (Lipinski definition) is 3. The van der Waals surface area contributed by atoms with E-state index < -0.39 is 12.3 Å². The summed E-state index contributed by atoms with van der Waals surface area (Å²) >= 11 is 11.0. The predicted octanol–water partition coefficient (Wildman–Crippen LogP) is 1.99. The van der Waals surface area contributed by atoms with Gasteiger partial charge in [0, 0.05) is 0 Å². The lowest BCUT2D eigenvalue weighted by molar-refractivity contribution is -0.126. The van der Waals surface area contributed by atoms with E-state index in [9.17, 15) is 13.6 Å². The van der Waals surface area contributed by atoms with Gasteiger partial charge in [-0.1, -0.05) is 23.2 Å². The van der Waals surface area contributed by atoms with E-state index in [0.29, 0.717) is 0 Å². The first-order chi connectivity index (χ1) is 6.52. The van der Waals surface area contributed by atoms with Crippen LogP contribution < -0.4 is 5.32 Å². The fraction of sp³-hybridized carbons (Fsp3) is 0.167. The Kier molecular flexibility index (Phi) is 3.54. The molecule has 0 unspecified atom stereocenters. The van der Waals surface area contributed by atoms with Crippen LogP contribution in [0.25, 0.3) is 0 Å². The number of amides is 1. The maximum atomic E-state index is 11.8. The molecule has 0 saturated heterocycles. The number of hydrogen-bond donors (Lipinski definition) is 1. The van der Waals surface area contributed by atoms with Crippen LogP contribution in [0.15, 0.2) is 6.33 Å². The Morgan fingerprint density at radius 3 is 2.29 bits per heavy atom. The summed E-state index contributed by atoms with van der Waals surface area (Å²) in [7, 11) is 0. The Morgan fingerprint density at radius 1 is 1.36 bits per heavy atom. The molecule has 0 aliphatic rings. The fourth-order valence-corrected chi connectivity index (χ4v) is 1.03. The molecule has 0 aliphatic heterocycles. The number of carbonyl (C=O) groups is 1. The third kappa shape index (κ3) is 2.49. The molecule has 0 aliphatic carbocycles. The van der Waals surface area contributed by atoms with E-state index in [1.54, 1.807) is 5.32 Å². The second-order valence-corrected chi connectivity index (χ2v) is 2.84. The van der Waals surface area contributed by atoms with E-state index >= 15 is 0 Å². The van der Waals surface area contributed by atoms with E-state index in [2.05, 4.69) is 9.97 Å². The quantitative estimate of drug-likeness (QED) is 0.806. The van der Waals surface area contributed by atoms with Crippen LogP contribution in [0.3, 0.4) is 0 Å². The van der Waals surface area contributed by atoms with Gasteiger partial charge in [-0.2, -0.15) is 8.78 Å². The number of nitrogens with zero attached hydrogens (tertiary/aromatic N) is 2. The highest BCUT2D eigenvalue weighted by Gasteiger charge is 2.18. The summed E-state index contributed by atoms with van der Waals surface area (Å²) in [5.74, 6) is -1.51. The third-order valence-electron chi connectivity index (χ3n) is 1.20. The molecule has 76 valence electrons. The van der Waals surface area contributed by atoms with Gasteiger partial charge in [0.2, 0.25) is 0 Å². The Hall–Kier alpha value is -1.01. The van der Waals surface area contributed by atoms with Crippen LogP contribution in [-0.4, -0.2) is 22.3 Å².